The summed E-state index contributed by atoms with van der Waals surface area (Å²) in [4.78, 5) is 10.2. The van der Waals surface area contributed by atoms with E-state index in [0.717, 1.165) is 15.6 Å². The molecule has 0 unspecified atom stereocenters. The van der Waals surface area contributed by atoms with Gasteiger partial charge in [0.1, 0.15) is 5.69 Å². The van der Waals surface area contributed by atoms with E-state index in [2.05, 4.69) is 40.8 Å². The molecule has 0 heterocycles. The van der Waals surface area contributed by atoms with Gasteiger partial charge in [-0.05, 0) is 58.0 Å². The first-order valence-corrected chi connectivity index (χ1v) is 4.47. The van der Waals surface area contributed by atoms with E-state index in [-0.39, 0.29) is 0 Å². The van der Waals surface area contributed by atoms with Crippen LogP contribution in [0.4, 0.5) is 5.69 Å². The molecular weight excluding hydrogens is 253 g/mol. The Morgan fingerprint density at radius 3 is 2.73 bits per heavy atom. The minimum Gasteiger partial charge on any atom is -0.145 e. The Balaban J connectivity index is 3.11. The van der Waals surface area contributed by atoms with Gasteiger partial charge in [-0.25, -0.2) is 0 Å². The van der Waals surface area contributed by atoms with Gasteiger partial charge in [-0.2, -0.15) is 0 Å². The van der Waals surface area contributed by atoms with Crippen molar-refractivity contribution in [1.29, 1.82) is 0 Å². The Morgan fingerprint density at radius 2 is 2.18 bits per heavy atom. The molecule has 1 aromatic carbocycles. The van der Waals surface area contributed by atoms with Gasteiger partial charge < -0.3 is 0 Å². The largest absolute Gasteiger partial charge is 0.145 e. The third-order valence-electron chi connectivity index (χ3n) is 1.46. The molecular formula is C8H8INO. The lowest BCUT2D eigenvalue weighted by Gasteiger charge is -1.97. The molecule has 0 fully saturated rings. The van der Waals surface area contributed by atoms with Crippen molar-refractivity contribution in [1.82, 2.24) is 0 Å². The fourth-order valence-electron chi connectivity index (χ4n) is 0.890. The van der Waals surface area contributed by atoms with Crippen LogP contribution in [0.1, 0.15) is 12.5 Å². The van der Waals surface area contributed by atoms with E-state index < -0.39 is 0 Å². The molecule has 0 saturated heterocycles. The molecule has 0 aliphatic rings. The molecule has 1 aromatic rings. The monoisotopic (exact) mass is 261 g/mol. The zero-order valence-electron chi connectivity index (χ0n) is 6.17. The van der Waals surface area contributed by atoms with Gasteiger partial charge in [0.2, 0.25) is 0 Å². The summed E-state index contributed by atoms with van der Waals surface area (Å²) in [6, 6.07) is 5.64. The molecule has 3 heteroatoms. The Kier molecular flexibility index (Phi) is 2.99. The zero-order chi connectivity index (χ0) is 8.27. The van der Waals surface area contributed by atoms with Crippen molar-refractivity contribution in [2.75, 3.05) is 0 Å². The fraction of sp³-hybridized carbons (Fsp3) is 0.250. The van der Waals surface area contributed by atoms with Gasteiger partial charge in [0, 0.05) is 3.57 Å². The van der Waals surface area contributed by atoms with Gasteiger partial charge in [-0.15, -0.1) is 4.91 Å². The molecule has 2 nitrogen and oxygen atoms in total. The van der Waals surface area contributed by atoms with Crippen molar-refractivity contribution < 1.29 is 0 Å². The molecule has 0 saturated carbocycles. The van der Waals surface area contributed by atoms with E-state index in [1.54, 1.807) is 6.07 Å². The third-order valence-corrected chi connectivity index (χ3v) is 2.08. The molecule has 0 aromatic heterocycles. The molecule has 0 amide bonds. The van der Waals surface area contributed by atoms with Crippen molar-refractivity contribution in [3.63, 3.8) is 0 Å². The van der Waals surface area contributed by atoms with Crippen LogP contribution in [0.5, 0.6) is 0 Å². The number of nitrogens with zero attached hydrogens (tertiary/aromatic N) is 1. The molecule has 11 heavy (non-hydrogen) atoms. The average molecular weight is 261 g/mol. The van der Waals surface area contributed by atoms with Gasteiger partial charge in [0.05, 0.1) is 0 Å². The van der Waals surface area contributed by atoms with Crippen molar-refractivity contribution in [3.05, 3.63) is 32.2 Å². The molecule has 0 radical (unpaired) electrons. The minimum atomic E-state index is 0.522. The Labute approximate surface area is 79.1 Å². The van der Waals surface area contributed by atoms with Gasteiger partial charge in [0.25, 0.3) is 0 Å². The summed E-state index contributed by atoms with van der Waals surface area (Å²) in [5.41, 5.74) is 1.68. The van der Waals surface area contributed by atoms with E-state index >= 15 is 0 Å². The van der Waals surface area contributed by atoms with Crippen LogP contribution in [0.3, 0.4) is 0 Å². The highest BCUT2D eigenvalue weighted by Crippen LogP contribution is 2.18. The average Bonchev–Trinajstić information content (AvgIpc) is 2.03. The number of hydrogen-bond donors (Lipinski definition) is 0. The summed E-state index contributed by atoms with van der Waals surface area (Å²) in [6.07, 6.45) is 0.944. The molecule has 58 valence electrons. The van der Waals surface area contributed by atoms with Crippen molar-refractivity contribution in [2.24, 2.45) is 5.18 Å². The maximum atomic E-state index is 10.2. The lowest BCUT2D eigenvalue weighted by molar-refractivity contribution is 1.13. The predicted octanol–water partition coefficient (Wildman–Crippen LogP) is 3.25. The zero-order valence-corrected chi connectivity index (χ0v) is 8.33. The van der Waals surface area contributed by atoms with E-state index in [4.69, 9.17) is 0 Å². The highest BCUT2D eigenvalue weighted by Gasteiger charge is 1.96. The Hall–Kier alpha value is -0.450. The number of nitroso groups, excluding NO2 is 1. The lowest BCUT2D eigenvalue weighted by Crippen LogP contribution is -1.80. The van der Waals surface area contributed by atoms with Gasteiger partial charge in [0.15, 0.2) is 0 Å². The van der Waals surface area contributed by atoms with Gasteiger partial charge in [-0.1, -0.05) is 6.92 Å². The SMILES string of the molecule is CCc1cc(I)cc(N=O)c1. The molecule has 0 aliphatic heterocycles. The summed E-state index contributed by atoms with van der Waals surface area (Å²) >= 11 is 2.18. The second kappa shape index (κ2) is 3.80. The van der Waals surface area contributed by atoms with E-state index in [1.165, 1.54) is 0 Å². The normalized spacial score (nSPS) is 9.64. The fourth-order valence-corrected chi connectivity index (χ4v) is 1.61. The summed E-state index contributed by atoms with van der Waals surface area (Å²) < 4.78 is 1.07. The number of hydrogen-bond acceptors (Lipinski definition) is 2. The number of halogens is 1. The van der Waals surface area contributed by atoms with Crippen LogP contribution in [-0.2, 0) is 6.42 Å². The maximum Gasteiger partial charge on any atom is 0.109 e. The van der Waals surface area contributed by atoms with E-state index in [1.807, 2.05) is 6.07 Å². The van der Waals surface area contributed by atoms with Crippen LogP contribution in [0.15, 0.2) is 23.4 Å². The lowest BCUT2D eigenvalue weighted by atomic mass is 10.1. The van der Waals surface area contributed by atoms with Gasteiger partial charge in [-0.3, -0.25) is 0 Å². The van der Waals surface area contributed by atoms with Crippen molar-refractivity contribution in [3.8, 4) is 0 Å². The smallest absolute Gasteiger partial charge is 0.109 e. The maximum absolute atomic E-state index is 10.2. The molecule has 0 aliphatic carbocycles. The topological polar surface area (TPSA) is 29.4 Å². The molecule has 0 atom stereocenters. The first-order chi connectivity index (χ1) is 5.26. The summed E-state index contributed by atoms with van der Waals surface area (Å²) in [5, 5.41) is 2.89. The van der Waals surface area contributed by atoms with Crippen LogP contribution in [0.2, 0.25) is 0 Å². The van der Waals surface area contributed by atoms with Crippen LogP contribution >= 0.6 is 22.6 Å². The highest BCUT2D eigenvalue weighted by molar-refractivity contribution is 14.1. The first-order valence-electron chi connectivity index (χ1n) is 3.39. The minimum absolute atomic E-state index is 0.522. The number of aryl methyl sites for hydroxylation is 1. The molecule has 0 bridgehead atoms. The van der Waals surface area contributed by atoms with E-state index in [0.29, 0.717) is 5.69 Å². The third kappa shape index (κ3) is 2.25. The predicted molar refractivity (Wildman–Crippen MR) is 54.0 cm³/mol. The molecule has 0 spiro atoms. The standard InChI is InChI=1S/C8H8INO/c1-2-6-3-7(9)5-8(4-6)10-11/h3-5H,2H2,1H3. The molecule has 0 N–H and O–H groups in total. The summed E-state index contributed by atoms with van der Waals surface area (Å²) in [7, 11) is 0. The van der Waals surface area contributed by atoms with Crippen molar-refractivity contribution in [2.45, 2.75) is 13.3 Å². The summed E-state index contributed by atoms with van der Waals surface area (Å²) in [5.74, 6) is 0. The van der Waals surface area contributed by atoms with Crippen LogP contribution in [-0.4, -0.2) is 0 Å². The quantitative estimate of drug-likeness (QED) is 0.593. The van der Waals surface area contributed by atoms with E-state index in [9.17, 15) is 4.91 Å². The number of rotatable bonds is 2. The molecule has 1 rings (SSSR count). The highest BCUT2D eigenvalue weighted by atomic mass is 127. The Morgan fingerprint density at radius 1 is 1.45 bits per heavy atom. The second-order valence-corrected chi connectivity index (χ2v) is 3.51. The van der Waals surface area contributed by atoms with Gasteiger partial charge >= 0.3 is 0 Å². The van der Waals surface area contributed by atoms with Crippen molar-refractivity contribution >= 4 is 28.3 Å². The van der Waals surface area contributed by atoms with Crippen LogP contribution in [0, 0.1) is 8.48 Å². The first kappa shape index (κ1) is 8.64. The van der Waals surface area contributed by atoms with Crippen LogP contribution in [0.25, 0.3) is 0 Å². The summed E-state index contributed by atoms with van der Waals surface area (Å²) in [6.45, 7) is 2.06. The number of benzene rings is 1. The van der Waals surface area contributed by atoms with Crippen LogP contribution < -0.4 is 0 Å². The second-order valence-electron chi connectivity index (χ2n) is 2.26. The Bertz CT molecular complexity index is 273.